The highest BCUT2D eigenvalue weighted by Gasteiger charge is 2.28. The van der Waals surface area contributed by atoms with E-state index in [-0.39, 0.29) is 11.8 Å². The lowest BCUT2D eigenvalue weighted by atomic mass is 10.1. The fourth-order valence-electron chi connectivity index (χ4n) is 2.17. The van der Waals surface area contributed by atoms with Gasteiger partial charge in [0, 0.05) is 11.6 Å². The lowest BCUT2D eigenvalue weighted by molar-refractivity contribution is -0.380. The maximum Gasteiger partial charge on any atom is 0.430 e. The summed E-state index contributed by atoms with van der Waals surface area (Å²) in [5.41, 5.74) is 5.85. The number of alkyl halides is 3. The molecule has 5 N–H and O–H groups in total. The first kappa shape index (κ1) is 24.1. The van der Waals surface area contributed by atoms with Crippen molar-refractivity contribution in [1.29, 1.82) is 5.26 Å². The summed E-state index contributed by atoms with van der Waals surface area (Å²) in [6.45, 7) is 2.66. The maximum atomic E-state index is 10.5. The van der Waals surface area contributed by atoms with Gasteiger partial charge in [0.15, 0.2) is 11.5 Å². The molecule has 3 rings (SSSR count). The standard InChI is InChI=1S/C17H17N7O.C2HF3O2/c1-11(7-18)25-15-5-3-2-4-13(15)14-6-16(24-23-14)22-17-10-20-12(8-19)9-21-17;3-2(4,5)1(6)7/h2-6,9-11H,7,18H2,1H3,(H2,21,22,23,24);(H,6,7)/t11-;/m0./s1. The van der Waals surface area contributed by atoms with Crippen molar-refractivity contribution in [1.82, 2.24) is 20.2 Å². The lowest BCUT2D eigenvalue weighted by Gasteiger charge is -2.13. The number of hydrogen-bond acceptors (Lipinski definition) is 8. The third-order valence-electron chi connectivity index (χ3n) is 3.74. The van der Waals surface area contributed by atoms with Crippen molar-refractivity contribution in [2.24, 2.45) is 0 Å². The number of carbonyl (C=O) groups is 1. The largest absolute Gasteiger partial charge is 0.542 e. The molecule has 0 bridgehead atoms. The fraction of sp³-hybridized carbons (Fsp3) is 0.211. The predicted octanol–water partition coefficient (Wildman–Crippen LogP) is 0.790. The number of rotatable bonds is 6. The summed E-state index contributed by atoms with van der Waals surface area (Å²) in [6, 6.07) is 11.5. The average molecular weight is 449 g/mol. The maximum absolute atomic E-state index is 10.5. The minimum absolute atomic E-state index is 0.0237. The summed E-state index contributed by atoms with van der Waals surface area (Å²) in [5, 5.41) is 27.8. The number of carboxylic acids is 1. The number of nitriles is 1. The van der Waals surface area contributed by atoms with Crippen molar-refractivity contribution in [3.05, 3.63) is 48.4 Å². The Labute approximate surface area is 179 Å². The van der Waals surface area contributed by atoms with Gasteiger partial charge in [-0.25, -0.2) is 9.97 Å². The molecule has 3 aromatic rings. The van der Waals surface area contributed by atoms with Crippen molar-refractivity contribution in [2.45, 2.75) is 19.2 Å². The Balaban J connectivity index is 0.000000451. The molecule has 1 atom stereocenters. The van der Waals surface area contributed by atoms with Crippen LogP contribution in [0.25, 0.3) is 11.3 Å². The zero-order valence-corrected chi connectivity index (χ0v) is 16.7. The zero-order valence-electron chi connectivity index (χ0n) is 16.7. The van der Waals surface area contributed by atoms with Crippen LogP contribution >= 0.6 is 0 Å². The highest BCUT2D eigenvalue weighted by molar-refractivity contribution is 5.71. The molecule has 0 aliphatic carbocycles. The molecule has 2 aromatic heterocycles. The van der Waals surface area contributed by atoms with Gasteiger partial charge in [0.2, 0.25) is 0 Å². The monoisotopic (exact) mass is 449 g/mol. The first-order chi connectivity index (χ1) is 15.1. The van der Waals surface area contributed by atoms with E-state index >= 15 is 0 Å². The van der Waals surface area contributed by atoms with Crippen molar-refractivity contribution in [3.8, 4) is 23.1 Å². The van der Waals surface area contributed by atoms with E-state index < -0.39 is 12.1 Å². The Morgan fingerprint density at radius 3 is 2.56 bits per heavy atom. The normalized spacial score (nSPS) is 11.5. The summed E-state index contributed by atoms with van der Waals surface area (Å²) >= 11 is 0. The minimum Gasteiger partial charge on any atom is -0.542 e. The van der Waals surface area contributed by atoms with E-state index in [4.69, 9.17) is 19.9 Å². The Kier molecular flexibility index (Phi) is 8.08. The molecule has 10 nitrogen and oxygen atoms in total. The number of aliphatic carboxylic acids is 1. The van der Waals surface area contributed by atoms with Crippen molar-refractivity contribution >= 4 is 17.6 Å². The van der Waals surface area contributed by atoms with Crippen LogP contribution in [0.2, 0.25) is 0 Å². The number of para-hydroxylation sites is 1. The van der Waals surface area contributed by atoms with Gasteiger partial charge in [-0.2, -0.15) is 23.5 Å². The van der Waals surface area contributed by atoms with E-state index in [1.54, 1.807) is 0 Å². The second-order valence-electron chi connectivity index (χ2n) is 6.19. The van der Waals surface area contributed by atoms with Crippen LogP contribution in [0.4, 0.5) is 24.8 Å². The second-order valence-corrected chi connectivity index (χ2v) is 6.19. The second kappa shape index (κ2) is 10.7. The number of anilines is 2. The molecule has 1 aromatic carbocycles. The summed E-state index contributed by atoms with van der Waals surface area (Å²) in [4.78, 5) is 16.9. The molecule has 0 aliphatic rings. The SMILES string of the molecule is C[C@@H](C[NH3+])Oc1ccccc1-c1cc(Nc2cnc(C#N)cn2)n[nH]1.O=C([O-])C(F)(F)F. The Morgan fingerprint density at radius 1 is 1.31 bits per heavy atom. The Morgan fingerprint density at radius 2 is 2.00 bits per heavy atom. The quantitative estimate of drug-likeness (QED) is 0.496. The number of ether oxygens (including phenoxy) is 1. The summed E-state index contributed by atoms with van der Waals surface area (Å²) in [7, 11) is 0. The average Bonchev–Trinajstić information content (AvgIpc) is 3.22. The van der Waals surface area contributed by atoms with E-state index in [0.29, 0.717) is 18.2 Å². The van der Waals surface area contributed by atoms with Crippen LogP contribution in [0.15, 0.2) is 42.7 Å². The number of nitrogens with one attached hydrogen (secondary N) is 2. The molecule has 0 fully saturated rings. The van der Waals surface area contributed by atoms with Crippen LogP contribution in [0.3, 0.4) is 0 Å². The number of benzene rings is 1. The van der Waals surface area contributed by atoms with Crippen LogP contribution in [-0.4, -0.2) is 45.0 Å². The number of halogens is 3. The van der Waals surface area contributed by atoms with E-state index in [1.165, 1.54) is 12.4 Å². The molecule has 168 valence electrons. The number of carboxylic acid groups (broad SMARTS) is 1. The fourth-order valence-corrected chi connectivity index (χ4v) is 2.17. The van der Waals surface area contributed by atoms with E-state index in [0.717, 1.165) is 17.0 Å². The van der Waals surface area contributed by atoms with Gasteiger partial charge in [-0.05, 0) is 19.1 Å². The van der Waals surface area contributed by atoms with E-state index in [1.807, 2.05) is 43.3 Å². The lowest BCUT2D eigenvalue weighted by Crippen LogP contribution is -2.56. The molecule has 0 saturated heterocycles. The molecule has 32 heavy (non-hydrogen) atoms. The van der Waals surface area contributed by atoms with Gasteiger partial charge < -0.3 is 25.7 Å². The van der Waals surface area contributed by atoms with E-state index in [9.17, 15) is 13.2 Å². The summed E-state index contributed by atoms with van der Waals surface area (Å²) in [6.07, 6.45) is -2.28. The molecule has 0 amide bonds. The molecule has 0 unspecified atom stereocenters. The first-order valence-corrected chi connectivity index (χ1v) is 9.02. The third-order valence-corrected chi connectivity index (χ3v) is 3.74. The van der Waals surface area contributed by atoms with Gasteiger partial charge >= 0.3 is 6.18 Å². The zero-order chi connectivity index (χ0) is 23.7. The first-order valence-electron chi connectivity index (χ1n) is 9.02. The predicted molar refractivity (Wildman–Crippen MR) is 103 cm³/mol. The molecule has 2 heterocycles. The molecule has 0 spiro atoms. The Bertz CT molecular complexity index is 1080. The number of hydrogen-bond donors (Lipinski definition) is 3. The summed E-state index contributed by atoms with van der Waals surface area (Å²) < 4.78 is 37.5. The Hall–Kier alpha value is -4.18. The van der Waals surface area contributed by atoms with Crippen molar-refractivity contribution in [2.75, 3.05) is 11.9 Å². The van der Waals surface area contributed by atoms with Crippen LogP contribution < -0.4 is 20.9 Å². The van der Waals surface area contributed by atoms with Gasteiger partial charge in [0.1, 0.15) is 36.3 Å². The van der Waals surface area contributed by atoms with Crippen LogP contribution in [-0.2, 0) is 4.79 Å². The van der Waals surface area contributed by atoms with Gasteiger partial charge in [-0.15, -0.1) is 0 Å². The molecular weight excluding hydrogens is 431 g/mol. The van der Waals surface area contributed by atoms with Crippen molar-refractivity contribution < 1.29 is 33.5 Å². The van der Waals surface area contributed by atoms with Crippen molar-refractivity contribution in [3.63, 3.8) is 0 Å². The highest BCUT2D eigenvalue weighted by atomic mass is 19.4. The number of aromatic nitrogens is 4. The number of aromatic amines is 1. The van der Waals surface area contributed by atoms with Gasteiger partial charge in [-0.1, -0.05) is 12.1 Å². The number of H-pyrrole nitrogens is 1. The number of quaternary nitrogens is 1. The van der Waals surface area contributed by atoms with Crippen LogP contribution in [0, 0.1) is 11.3 Å². The molecular formula is C19H18F3N7O3. The molecule has 0 saturated carbocycles. The third kappa shape index (κ3) is 6.96. The van der Waals surface area contributed by atoms with Gasteiger partial charge in [0.05, 0.1) is 18.1 Å². The minimum atomic E-state index is -5.19. The van der Waals surface area contributed by atoms with Crippen LogP contribution in [0.5, 0.6) is 5.75 Å². The van der Waals surface area contributed by atoms with Crippen LogP contribution in [0.1, 0.15) is 12.6 Å². The van der Waals surface area contributed by atoms with Gasteiger partial charge in [0.25, 0.3) is 0 Å². The van der Waals surface area contributed by atoms with E-state index in [2.05, 4.69) is 31.2 Å². The number of carbonyl (C=O) groups excluding carboxylic acids is 1. The smallest absolute Gasteiger partial charge is 0.430 e. The molecule has 0 aliphatic heterocycles. The molecule has 0 radical (unpaired) electrons. The summed E-state index contributed by atoms with van der Waals surface area (Å²) in [5.74, 6) is -1.14. The molecule has 13 heteroatoms. The highest BCUT2D eigenvalue weighted by Crippen LogP contribution is 2.30. The topological polar surface area (TPSA) is 167 Å². The number of nitrogens with zero attached hydrogens (tertiary/aromatic N) is 4. The van der Waals surface area contributed by atoms with Gasteiger partial charge in [-0.3, -0.25) is 5.10 Å².